The lowest BCUT2D eigenvalue weighted by Gasteiger charge is -2.12. The number of para-hydroxylation sites is 1. The quantitative estimate of drug-likeness (QED) is 0.174. The van der Waals surface area contributed by atoms with Gasteiger partial charge in [0.15, 0.2) is 5.82 Å². The first-order valence-electron chi connectivity index (χ1n) is 12.9. The van der Waals surface area contributed by atoms with Crippen LogP contribution in [-0.2, 0) is 12.8 Å². The monoisotopic (exact) mass is 627 g/mol. The highest BCUT2D eigenvalue weighted by Gasteiger charge is 2.31. The number of fused-ring (bicyclic) bond motifs is 2. The van der Waals surface area contributed by atoms with E-state index in [1.807, 2.05) is 24.3 Å². The summed E-state index contributed by atoms with van der Waals surface area (Å²) in [5, 5.41) is 6.91. The van der Waals surface area contributed by atoms with Gasteiger partial charge in [-0.05, 0) is 80.3 Å². The van der Waals surface area contributed by atoms with Crippen LogP contribution >= 0.6 is 15.9 Å². The van der Waals surface area contributed by atoms with Crippen molar-refractivity contribution in [2.75, 3.05) is 0 Å². The molecule has 0 N–H and O–H groups in total. The average molecular weight is 628 g/mol. The van der Waals surface area contributed by atoms with Gasteiger partial charge in [-0.1, -0.05) is 66.7 Å². The molecule has 9 heteroatoms. The van der Waals surface area contributed by atoms with Crippen LogP contribution in [0, 0.1) is 0 Å². The minimum absolute atomic E-state index is 0.00448. The number of benzene rings is 5. The second-order valence-corrected chi connectivity index (χ2v) is 10.4. The van der Waals surface area contributed by atoms with E-state index in [2.05, 4.69) is 44.2 Å². The summed E-state index contributed by atoms with van der Waals surface area (Å²) >= 11 is 3.55. The summed E-state index contributed by atoms with van der Waals surface area (Å²) in [6.45, 7) is 0.367. The molecule has 0 fully saturated rings. The van der Waals surface area contributed by atoms with Gasteiger partial charge < -0.3 is 4.74 Å². The highest BCUT2D eigenvalue weighted by Crippen LogP contribution is 2.32. The van der Waals surface area contributed by atoms with Gasteiger partial charge in [0, 0.05) is 5.56 Å². The molecule has 1 aromatic heterocycles. The van der Waals surface area contributed by atoms with E-state index in [0.717, 1.165) is 33.1 Å². The summed E-state index contributed by atoms with van der Waals surface area (Å²) in [6.07, 6.45) is -3.10. The minimum atomic E-state index is -4.55. The molecule has 0 atom stereocenters. The molecule has 0 aliphatic rings. The summed E-state index contributed by atoms with van der Waals surface area (Å²) in [7, 11) is 0. The Morgan fingerprint density at radius 2 is 1.60 bits per heavy atom. The number of halogens is 4. The third-order valence-corrected chi connectivity index (χ3v) is 7.36. The normalized spacial score (nSPS) is 11.9. The van der Waals surface area contributed by atoms with Crippen molar-refractivity contribution in [1.29, 1.82) is 0 Å². The third-order valence-electron chi connectivity index (χ3n) is 6.74. The van der Waals surface area contributed by atoms with Gasteiger partial charge in [-0.3, -0.25) is 4.79 Å². The van der Waals surface area contributed by atoms with Crippen LogP contribution in [0.5, 0.6) is 5.75 Å². The Labute approximate surface area is 246 Å². The van der Waals surface area contributed by atoms with Crippen molar-refractivity contribution < 1.29 is 17.9 Å². The van der Waals surface area contributed by atoms with Crippen molar-refractivity contribution in [1.82, 2.24) is 9.66 Å². The maximum absolute atomic E-state index is 13.4. The zero-order chi connectivity index (χ0) is 29.3. The second kappa shape index (κ2) is 11.3. The number of rotatable bonds is 6. The van der Waals surface area contributed by atoms with Crippen molar-refractivity contribution in [3.8, 4) is 17.1 Å². The molecule has 0 saturated heterocycles. The van der Waals surface area contributed by atoms with Crippen LogP contribution in [0.1, 0.15) is 16.7 Å². The van der Waals surface area contributed by atoms with Gasteiger partial charge in [-0.2, -0.15) is 22.9 Å². The minimum Gasteiger partial charge on any atom is -0.488 e. The van der Waals surface area contributed by atoms with Crippen LogP contribution in [-0.4, -0.2) is 15.9 Å². The first-order valence-corrected chi connectivity index (χ1v) is 13.7. The van der Waals surface area contributed by atoms with E-state index in [9.17, 15) is 18.0 Å². The lowest BCUT2D eigenvalue weighted by molar-refractivity contribution is -0.137. The number of hydrogen-bond acceptors (Lipinski definition) is 4. The topological polar surface area (TPSA) is 56.5 Å². The second-order valence-electron chi connectivity index (χ2n) is 9.51. The number of ether oxygens (including phenoxy) is 1. The van der Waals surface area contributed by atoms with Gasteiger partial charge in [0.2, 0.25) is 0 Å². The van der Waals surface area contributed by atoms with Gasteiger partial charge in [0.05, 0.1) is 27.2 Å². The van der Waals surface area contributed by atoms with Crippen LogP contribution in [0.4, 0.5) is 13.2 Å². The van der Waals surface area contributed by atoms with E-state index in [1.165, 1.54) is 18.3 Å². The molecule has 208 valence electrons. The lowest BCUT2D eigenvalue weighted by Crippen LogP contribution is -2.20. The molecule has 42 heavy (non-hydrogen) atoms. The Bertz CT molecular complexity index is 2030. The van der Waals surface area contributed by atoms with E-state index < -0.39 is 17.3 Å². The third kappa shape index (κ3) is 5.56. The van der Waals surface area contributed by atoms with Gasteiger partial charge >= 0.3 is 6.18 Å². The van der Waals surface area contributed by atoms with Crippen LogP contribution in [0.3, 0.4) is 0 Å². The van der Waals surface area contributed by atoms with Gasteiger partial charge in [0.1, 0.15) is 12.4 Å². The van der Waals surface area contributed by atoms with Crippen LogP contribution in [0.2, 0.25) is 0 Å². The Hall–Kier alpha value is -4.76. The lowest BCUT2D eigenvalue weighted by atomic mass is 10.1. The summed E-state index contributed by atoms with van der Waals surface area (Å²) in [4.78, 5) is 17.9. The maximum atomic E-state index is 13.4. The van der Waals surface area contributed by atoms with Crippen molar-refractivity contribution in [3.05, 3.63) is 141 Å². The van der Waals surface area contributed by atoms with E-state index in [4.69, 9.17) is 4.74 Å². The fourth-order valence-corrected chi connectivity index (χ4v) is 5.18. The Morgan fingerprint density at radius 3 is 2.40 bits per heavy atom. The van der Waals surface area contributed by atoms with E-state index >= 15 is 0 Å². The molecule has 0 bridgehead atoms. The van der Waals surface area contributed by atoms with Crippen molar-refractivity contribution >= 4 is 43.8 Å². The number of alkyl halides is 3. The van der Waals surface area contributed by atoms with Gasteiger partial charge in [-0.25, -0.2) is 4.98 Å². The molecule has 0 unspecified atom stereocenters. The predicted molar refractivity (Wildman–Crippen MR) is 162 cm³/mol. The molecule has 0 amide bonds. The molecule has 0 saturated carbocycles. The summed E-state index contributed by atoms with van der Waals surface area (Å²) in [5.74, 6) is 0.615. The van der Waals surface area contributed by atoms with Crippen molar-refractivity contribution in [2.45, 2.75) is 12.8 Å². The van der Waals surface area contributed by atoms with E-state index in [1.54, 1.807) is 42.5 Å². The molecule has 0 aliphatic carbocycles. The largest absolute Gasteiger partial charge is 0.488 e. The zero-order valence-corrected chi connectivity index (χ0v) is 23.4. The first-order chi connectivity index (χ1) is 20.3. The van der Waals surface area contributed by atoms with E-state index in [0.29, 0.717) is 33.3 Å². The maximum Gasteiger partial charge on any atom is 0.416 e. The summed E-state index contributed by atoms with van der Waals surface area (Å²) in [6, 6.07) is 30.8. The molecule has 1 heterocycles. The zero-order valence-electron chi connectivity index (χ0n) is 21.8. The highest BCUT2D eigenvalue weighted by atomic mass is 79.9. The highest BCUT2D eigenvalue weighted by molar-refractivity contribution is 9.10. The van der Waals surface area contributed by atoms with E-state index in [-0.39, 0.29) is 11.4 Å². The molecule has 0 radical (unpaired) electrons. The molecule has 5 nitrogen and oxygen atoms in total. The predicted octanol–water partition coefficient (Wildman–Crippen LogP) is 8.46. The smallest absolute Gasteiger partial charge is 0.416 e. The Morgan fingerprint density at radius 1 is 0.857 bits per heavy atom. The average Bonchev–Trinajstić information content (AvgIpc) is 3.00. The molecule has 0 spiro atoms. The molecule has 5 aromatic carbocycles. The molecular formula is C33H21BrF3N3O2. The number of nitrogens with zero attached hydrogens (tertiary/aromatic N) is 3. The van der Waals surface area contributed by atoms with Gasteiger partial charge in [-0.15, -0.1) is 0 Å². The molecular weight excluding hydrogens is 607 g/mol. The number of hydrogen-bond donors (Lipinski definition) is 0. The van der Waals surface area contributed by atoms with Crippen molar-refractivity contribution in [3.63, 3.8) is 0 Å². The SMILES string of the molecule is O=c1c2ccccc2nc(-c2cccc(C(F)(F)F)c2)n1N=Cc1ccc(OCc2cccc3ccccc23)c(Br)c1. The van der Waals surface area contributed by atoms with Crippen molar-refractivity contribution in [2.24, 2.45) is 5.10 Å². The standard InChI is InChI=1S/C33H21BrF3N3O2/c34-28-17-21(15-16-30(28)42-20-24-10-5-8-22-7-1-2-12-26(22)24)19-38-40-31(23-9-6-11-25(18-23)33(35,36)37)39-29-14-4-3-13-27(29)32(40)41/h1-19H,20H2. The van der Waals surface area contributed by atoms with Crippen LogP contribution in [0.25, 0.3) is 33.1 Å². The van der Waals surface area contributed by atoms with Gasteiger partial charge in [0.25, 0.3) is 5.56 Å². The molecule has 6 rings (SSSR count). The summed E-state index contributed by atoms with van der Waals surface area (Å²) in [5.41, 5.74) is 0.810. The fourth-order valence-electron chi connectivity index (χ4n) is 4.66. The summed E-state index contributed by atoms with van der Waals surface area (Å²) < 4.78 is 48.1. The first kappa shape index (κ1) is 27.4. The Balaban J connectivity index is 1.32. The molecule has 6 aromatic rings. The fraction of sp³-hybridized carbons (Fsp3) is 0.0606. The number of aromatic nitrogens is 2. The Kier molecular flexibility index (Phi) is 7.34. The molecule has 0 aliphatic heterocycles. The van der Waals surface area contributed by atoms with Crippen LogP contribution in [0.15, 0.2) is 124 Å². The van der Waals surface area contributed by atoms with Crippen LogP contribution < -0.4 is 10.3 Å².